The van der Waals surface area contributed by atoms with Crippen molar-refractivity contribution >= 4 is 5.91 Å². The highest BCUT2D eigenvalue weighted by atomic mass is 19.3. The van der Waals surface area contributed by atoms with Gasteiger partial charge in [0.2, 0.25) is 6.43 Å². The summed E-state index contributed by atoms with van der Waals surface area (Å²) in [4.78, 5) is 36.7. The SMILES string of the molecule is O=C(c1ccccc1)n1c(=O)ccn(CC2(C(F)F)CC2)c1=O. The van der Waals surface area contributed by atoms with Crippen molar-refractivity contribution in [2.75, 3.05) is 0 Å². The van der Waals surface area contributed by atoms with Crippen LogP contribution in [0.3, 0.4) is 0 Å². The molecule has 120 valence electrons. The van der Waals surface area contributed by atoms with E-state index in [-0.39, 0.29) is 12.1 Å². The molecule has 0 saturated heterocycles. The number of nitrogens with zero attached hydrogens (tertiary/aromatic N) is 2. The Bertz CT molecular complexity index is 852. The van der Waals surface area contributed by atoms with Crippen LogP contribution >= 0.6 is 0 Å². The summed E-state index contributed by atoms with van der Waals surface area (Å²) in [5, 5.41) is 0. The van der Waals surface area contributed by atoms with E-state index in [4.69, 9.17) is 0 Å². The number of carbonyl (C=O) groups excluding carboxylic acids is 1. The number of aromatic nitrogens is 2. The fraction of sp³-hybridized carbons (Fsp3) is 0.312. The maximum absolute atomic E-state index is 13.0. The third kappa shape index (κ3) is 2.74. The fourth-order valence-electron chi connectivity index (χ4n) is 2.48. The molecule has 1 aliphatic carbocycles. The number of alkyl halides is 2. The van der Waals surface area contributed by atoms with E-state index in [1.165, 1.54) is 18.3 Å². The second-order valence-corrected chi connectivity index (χ2v) is 5.73. The summed E-state index contributed by atoms with van der Waals surface area (Å²) in [6.07, 6.45) is -0.729. The molecule has 1 fully saturated rings. The molecule has 7 heteroatoms. The summed E-state index contributed by atoms with van der Waals surface area (Å²) in [6, 6.07) is 8.91. The summed E-state index contributed by atoms with van der Waals surface area (Å²) in [7, 11) is 0. The van der Waals surface area contributed by atoms with Gasteiger partial charge in [0.15, 0.2) is 0 Å². The minimum atomic E-state index is -2.54. The number of carbonyl (C=O) groups is 1. The zero-order chi connectivity index (χ0) is 16.6. The minimum absolute atomic E-state index is 0.180. The van der Waals surface area contributed by atoms with Crippen molar-refractivity contribution in [3.8, 4) is 0 Å². The molecule has 0 radical (unpaired) electrons. The van der Waals surface area contributed by atoms with Gasteiger partial charge in [-0.1, -0.05) is 18.2 Å². The van der Waals surface area contributed by atoms with E-state index in [2.05, 4.69) is 0 Å². The molecule has 1 aromatic carbocycles. The highest BCUT2D eigenvalue weighted by Gasteiger charge is 2.51. The Labute approximate surface area is 129 Å². The first-order valence-electron chi connectivity index (χ1n) is 7.15. The van der Waals surface area contributed by atoms with Crippen molar-refractivity contribution in [1.29, 1.82) is 0 Å². The summed E-state index contributed by atoms with van der Waals surface area (Å²) in [5.41, 5.74) is -2.71. The van der Waals surface area contributed by atoms with Gasteiger partial charge in [0.25, 0.3) is 11.5 Å². The van der Waals surface area contributed by atoms with Crippen LogP contribution in [0, 0.1) is 5.41 Å². The van der Waals surface area contributed by atoms with Crippen molar-refractivity contribution in [1.82, 2.24) is 9.13 Å². The van der Waals surface area contributed by atoms with Crippen LogP contribution in [-0.4, -0.2) is 21.5 Å². The molecule has 0 spiro atoms. The van der Waals surface area contributed by atoms with Gasteiger partial charge in [-0.15, -0.1) is 0 Å². The molecule has 0 bridgehead atoms. The van der Waals surface area contributed by atoms with Crippen LogP contribution in [0.1, 0.15) is 23.2 Å². The molecule has 5 nitrogen and oxygen atoms in total. The molecular formula is C16H14F2N2O3. The largest absolute Gasteiger partial charge is 0.338 e. The minimum Gasteiger partial charge on any atom is -0.299 e. The van der Waals surface area contributed by atoms with Crippen LogP contribution in [0.2, 0.25) is 0 Å². The second kappa shape index (κ2) is 5.57. The standard InChI is InChI=1S/C16H14F2N2O3/c17-14(18)16(7-8-16)10-19-9-6-12(21)20(15(19)23)13(22)11-4-2-1-3-5-11/h1-6,9,14H,7-8,10H2. The van der Waals surface area contributed by atoms with E-state index in [1.807, 2.05) is 0 Å². The molecule has 0 N–H and O–H groups in total. The summed E-state index contributed by atoms with van der Waals surface area (Å²) in [5.74, 6) is -0.767. The van der Waals surface area contributed by atoms with E-state index in [0.717, 1.165) is 10.6 Å². The van der Waals surface area contributed by atoms with Crippen LogP contribution < -0.4 is 11.2 Å². The Morgan fingerprint density at radius 3 is 2.35 bits per heavy atom. The van der Waals surface area contributed by atoms with E-state index in [0.29, 0.717) is 17.4 Å². The zero-order valence-electron chi connectivity index (χ0n) is 12.1. The molecule has 23 heavy (non-hydrogen) atoms. The predicted molar refractivity (Wildman–Crippen MR) is 78.8 cm³/mol. The van der Waals surface area contributed by atoms with Crippen LogP contribution in [0.25, 0.3) is 0 Å². The Balaban J connectivity index is 2.02. The van der Waals surface area contributed by atoms with Gasteiger partial charge in [0.05, 0.1) is 0 Å². The lowest BCUT2D eigenvalue weighted by molar-refractivity contribution is 0.0501. The Hall–Kier alpha value is -2.57. The average molecular weight is 320 g/mol. The van der Waals surface area contributed by atoms with Gasteiger partial charge in [-0.2, -0.15) is 4.57 Å². The first-order valence-corrected chi connectivity index (χ1v) is 7.15. The number of hydrogen-bond acceptors (Lipinski definition) is 3. The van der Waals surface area contributed by atoms with Crippen molar-refractivity contribution in [3.05, 3.63) is 69.0 Å². The first kappa shape index (κ1) is 15.3. The zero-order valence-corrected chi connectivity index (χ0v) is 12.1. The lowest BCUT2D eigenvalue weighted by Gasteiger charge is -2.16. The average Bonchev–Trinajstić information content (AvgIpc) is 3.32. The maximum Gasteiger partial charge on any atom is 0.338 e. The fourth-order valence-corrected chi connectivity index (χ4v) is 2.48. The normalized spacial score (nSPS) is 15.6. The second-order valence-electron chi connectivity index (χ2n) is 5.73. The van der Waals surface area contributed by atoms with Crippen LogP contribution in [-0.2, 0) is 6.54 Å². The third-order valence-electron chi connectivity index (χ3n) is 4.12. The van der Waals surface area contributed by atoms with Crippen molar-refractivity contribution < 1.29 is 13.6 Å². The molecule has 1 heterocycles. The van der Waals surface area contributed by atoms with Gasteiger partial charge >= 0.3 is 5.69 Å². The molecule has 1 aromatic heterocycles. The van der Waals surface area contributed by atoms with E-state index >= 15 is 0 Å². The van der Waals surface area contributed by atoms with Crippen molar-refractivity contribution in [2.45, 2.75) is 25.8 Å². The smallest absolute Gasteiger partial charge is 0.299 e. The maximum atomic E-state index is 13.0. The van der Waals surface area contributed by atoms with Crippen molar-refractivity contribution in [2.24, 2.45) is 5.41 Å². The number of benzene rings is 1. The number of halogens is 2. The van der Waals surface area contributed by atoms with Gasteiger partial charge in [-0.3, -0.25) is 14.2 Å². The van der Waals surface area contributed by atoms with E-state index in [9.17, 15) is 23.2 Å². The first-order chi connectivity index (χ1) is 10.9. The lowest BCUT2D eigenvalue weighted by atomic mass is 10.1. The molecule has 2 aromatic rings. The van der Waals surface area contributed by atoms with Gasteiger partial charge in [0.1, 0.15) is 0 Å². The van der Waals surface area contributed by atoms with Gasteiger partial charge in [-0.25, -0.2) is 13.6 Å². The molecule has 1 saturated carbocycles. The van der Waals surface area contributed by atoms with Crippen LogP contribution in [0.5, 0.6) is 0 Å². The Kier molecular flexibility index (Phi) is 3.71. The molecule has 0 atom stereocenters. The quantitative estimate of drug-likeness (QED) is 0.862. The number of hydrogen-bond donors (Lipinski definition) is 0. The molecule has 1 aliphatic rings. The summed E-state index contributed by atoms with van der Waals surface area (Å²) in [6.45, 7) is -0.203. The van der Waals surface area contributed by atoms with Crippen molar-refractivity contribution in [3.63, 3.8) is 0 Å². The van der Waals surface area contributed by atoms with E-state index < -0.39 is 29.0 Å². The monoisotopic (exact) mass is 320 g/mol. The predicted octanol–water partition coefficient (Wildman–Crippen LogP) is 1.74. The van der Waals surface area contributed by atoms with Crippen LogP contribution in [0.4, 0.5) is 8.78 Å². The summed E-state index contributed by atoms with van der Waals surface area (Å²) >= 11 is 0. The highest BCUT2D eigenvalue weighted by Crippen LogP contribution is 2.51. The molecule has 0 amide bonds. The van der Waals surface area contributed by atoms with Crippen LogP contribution in [0.15, 0.2) is 52.2 Å². The molecule has 0 unspecified atom stereocenters. The van der Waals surface area contributed by atoms with Gasteiger partial charge < -0.3 is 0 Å². The molecular weight excluding hydrogens is 306 g/mol. The highest BCUT2D eigenvalue weighted by molar-refractivity contribution is 5.95. The lowest BCUT2D eigenvalue weighted by Crippen LogP contribution is -2.44. The molecule has 3 rings (SSSR count). The Morgan fingerprint density at radius 2 is 1.78 bits per heavy atom. The Morgan fingerprint density at radius 1 is 1.13 bits per heavy atom. The topological polar surface area (TPSA) is 61.1 Å². The van der Waals surface area contributed by atoms with E-state index in [1.54, 1.807) is 18.2 Å². The molecule has 0 aliphatic heterocycles. The van der Waals surface area contributed by atoms with Gasteiger partial charge in [0, 0.05) is 29.8 Å². The third-order valence-corrected chi connectivity index (χ3v) is 4.12. The summed E-state index contributed by atoms with van der Waals surface area (Å²) < 4.78 is 27.6. The van der Waals surface area contributed by atoms with Gasteiger partial charge in [-0.05, 0) is 25.0 Å². The number of rotatable bonds is 4.